The maximum atomic E-state index is 11.8. The smallest absolute Gasteiger partial charge is 0.336 e. The first-order valence-electron chi connectivity index (χ1n) is 6.68. The number of nitrogens with one attached hydrogen (secondary N) is 1. The minimum Gasteiger partial charge on any atom is -0.504 e. The highest BCUT2D eigenvalue weighted by atomic mass is 16.6. The van der Waals surface area contributed by atoms with Crippen LogP contribution in [0.25, 0.3) is 0 Å². The predicted molar refractivity (Wildman–Crippen MR) is 77.5 cm³/mol. The van der Waals surface area contributed by atoms with E-state index in [1.165, 1.54) is 32.0 Å². The van der Waals surface area contributed by atoms with E-state index in [9.17, 15) is 24.3 Å². The fourth-order valence-corrected chi connectivity index (χ4v) is 1.82. The molecule has 1 rings (SSSR count). The van der Waals surface area contributed by atoms with Crippen LogP contribution in [0.3, 0.4) is 0 Å². The molecule has 0 saturated heterocycles. The van der Waals surface area contributed by atoms with E-state index in [4.69, 9.17) is 4.74 Å². The molecule has 0 spiro atoms. The fourth-order valence-electron chi connectivity index (χ4n) is 1.82. The van der Waals surface area contributed by atoms with Crippen molar-refractivity contribution in [1.82, 2.24) is 5.32 Å². The number of phenolic OH excluding ortho intramolecular Hbond substituents is 1. The quantitative estimate of drug-likeness (QED) is 0.459. The Kier molecular flexibility index (Phi) is 6.25. The molecule has 0 radical (unpaired) electrons. The van der Waals surface area contributed by atoms with Crippen LogP contribution < -0.4 is 10.1 Å². The van der Waals surface area contributed by atoms with Crippen LogP contribution >= 0.6 is 0 Å². The van der Waals surface area contributed by atoms with Crippen molar-refractivity contribution >= 4 is 23.8 Å². The number of benzene rings is 1. The van der Waals surface area contributed by atoms with E-state index in [1.54, 1.807) is 0 Å². The maximum Gasteiger partial charge on any atom is 0.336 e. The van der Waals surface area contributed by atoms with E-state index in [1.807, 2.05) is 0 Å². The number of carbonyl (C=O) groups is 4. The molecule has 2 N–H and O–H groups in total. The van der Waals surface area contributed by atoms with Gasteiger partial charge in [-0.3, -0.25) is 14.4 Å². The van der Waals surface area contributed by atoms with E-state index in [-0.39, 0.29) is 17.9 Å². The summed E-state index contributed by atoms with van der Waals surface area (Å²) < 4.78 is 9.24. The summed E-state index contributed by atoms with van der Waals surface area (Å²) in [5.41, 5.74) is 0.470. The number of rotatable bonds is 5. The predicted octanol–water partition coefficient (Wildman–Crippen LogP) is 0.454. The molecule has 1 aromatic rings. The number of esters is 3. The average molecular weight is 323 g/mol. The van der Waals surface area contributed by atoms with E-state index < -0.39 is 29.9 Å². The van der Waals surface area contributed by atoms with Crippen LogP contribution in [-0.4, -0.2) is 35.0 Å². The standard InChI is InChI=1S/C15H17NO7/c1-8(17)16-12(15(21)23-10(3)19)6-11-4-5-14(13(20)7-11)22-9(2)18/h4-5,7,12,20H,6H2,1-3H3,(H,16,17)/t12-/m1/s1. The summed E-state index contributed by atoms with van der Waals surface area (Å²) in [4.78, 5) is 44.7. The Balaban J connectivity index is 2.92. The Morgan fingerprint density at radius 1 is 1.13 bits per heavy atom. The van der Waals surface area contributed by atoms with Crippen LogP contribution in [0.1, 0.15) is 26.3 Å². The molecule has 0 heterocycles. The second-order valence-corrected chi connectivity index (χ2v) is 4.77. The molecule has 0 aliphatic rings. The third-order valence-electron chi connectivity index (χ3n) is 2.62. The normalized spacial score (nSPS) is 11.3. The number of carbonyl (C=O) groups excluding carboxylic acids is 4. The molecule has 0 fully saturated rings. The van der Waals surface area contributed by atoms with E-state index in [0.717, 1.165) is 6.92 Å². The number of amides is 1. The topological polar surface area (TPSA) is 119 Å². The molecule has 0 saturated carbocycles. The van der Waals surface area contributed by atoms with Crippen LogP contribution in [0, 0.1) is 0 Å². The lowest BCUT2D eigenvalue weighted by atomic mass is 10.1. The number of phenols is 1. The van der Waals surface area contributed by atoms with Gasteiger partial charge in [0.05, 0.1) is 0 Å². The van der Waals surface area contributed by atoms with Crippen LogP contribution in [0.4, 0.5) is 0 Å². The third-order valence-corrected chi connectivity index (χ3v) is 2.62. The second-order valence-electron chi connectivity index (χ2n) is 4.77. The summed E-state index contributed by atoms with van der Waals surface area (Å²) in [6.07, 6.45) is -0.0143. The van der Waals surface area contributed by atoms with E-state index in [2.05, 4.69) is 10.1 Å². The lowest BCUT2D eigenvalue weighted by Crippen LogP contribution is -2.42. The lowest BCUT2D eigenvalue weighted by Gasteiger charge is -2.16. The molecule has 0 aromatic heterocycles. The SMILES string of the molecule is CC(=O)N[C@H](Cc1ccc(OC(C)=O)c(O)c1)C(=O)OC(C)=O. The van der Waals surface area contributed by atoms with Gasteiger partial charge in [-0.05, 0) is 17.7 Å². The Morgan fingerprint density at radius 2 is 1.78 bits per heavy atom. The first kappa shape index (κ1) is 18.1. The highest BCUT2D eigenvalue weighted by Gasteiger charge is 2.23. The largest absolute Gasteiger partial charge is 0.504 e. The van der Waals surface area contributed by atoms with Crippen molar-refractivity contribution in [3.8, 4) is 11.5 Å². The van der Waals surface area contributed by atoms with Gasteiger partial charge in [0, 0.05) is 27.2 Å². The molecule has 0 aliphatic heterocycles. The highest BCUT2D eigenvalue weighted by Crippen LogP contribution is 2.27. The van der Waals surface area contributed by atoms with Crippen molar-refractivity contribution in [2.75, 3.05) is 0 Å². The first-order chi connectivity index (χ1) is 10.7. The summed E-state index contributed by atoms with van der Waals surface area (Å²) in [6, 6.07) is 3.06. The second kappa shape index (κ2) is 7.92. The van der Waals surface area contributed by atoms with Gasteiger partial charge < -0.3 is 19.9 Å². The molecule has 0 aliphatic carbocycles. The van der Waals surface area contributed by atoms with Gasteiger partial charge in [-0.2, -0.15) is 0 Å². The molecule has 124 valence electrons. The van der Waals surface area contributed by atoms with Crippen molar-refractivity contribution in [1.29, 1.82) is 0 Å². The van der Waals surface area contributed by atoms with Crippen LogP contribution in [0.5, 0.6) is 11.5 Å². The van der Waals surface area contributed by atoms with Gasteiger partial charge in [0.25, 0.3) is 0 Å². The number of hydrogen-bond donors (Lipinski definition) is 2. The van der Waals surface area contributed by atoms with Crippen LogP contribution in [0.15, 0.2) is 18.2 Å². The Labute approximate surface area is 132 Å². The highest BCUT2D eigenvalue weighted by molar-refractivity contribution is 5.90. The minimum absolute atomic E-state index is 0.0143. The van der Waals surface area contributed by atoms with E-state index in [0.29, 0.717) is 5.56 Å². The van der Waals surface area contributed by atoms with Crippen LogP contribution in [-0.2, 0) is 30.3 Å². The van der Waals surface area contributed by atoms with Gasteiger partial charge in [-0.15, -0.1) is 0 Å². The zero-order valence-electron chi connectivity index (χ0n) is 12.9. The molecule has 8 nitrogen and oxygen atoms in total. The molecule has 0 unspecified atom stereocenters. The summed E-state index contributed by atoms with van der Waals surface area (Å²) in [6.45, 7) is 3.48. The average Bonchev–Trinajstić information content (AvgIpc) is 2.39. The van der Waals surface area contributed by atoms with Crippen molar-refractivity contribution in [3.05, 3.63) is 23.8 Å². The van der Waals surface area contributed by atoms with Gasteiger partial charge in [-0.25, -0.2) is 4.79 Å². The van der Waals surface area contributed by atoms with Gasteiger partial charge in [0.1, 0.15) is 6.04 Å². The summed E-state index contributed by atoms with van der Waals surface area (Å²) in [5.74, 6) is -3.08. The maximum absolute atomic E-state index is 11.8. The molecular weight excluding hydrogens is 306 g/mol. The molecule has 1 amide bonds. The van der Waals surface area contributed by atoms with Crippen molar-refractivity contribution in [2.24, 2.45) is 0 Å². The van der Waals surface area contributed by atoms with Crippen molar-refractivity contribution in [3.63, 3.8) is 0 Å². The Hall–Kier alpha value is -2.90. The van der Waals surface area contributed by atoms with Crippen molar-refractivity contribution in [2.45, 2.75) is 33.2 Å². The Bertz CT molecular complexity index is 639. The van der Waals surface area contributed by atoms with Gasteiger partial charge in [0.2, 0.25) is 5.91 Å². The van der Waals surface area contributed by atoms with Gasteiger partial charge in [-0.1, -0.05) is 6.07 Å². The number of hydrogen-bond acceptors (Lipinski definition) is 7. The molecule has 1 aromatic carbocycles. The monoisotopic (exact) mass is 323 g/mol. The summed E-state index contributed by atoms with van der Waals surface area (Å²) >= 11 is 0. The fraction of sp³-hybridized carbons (Fsp3) is 0.333. The molecule has 0 bridgehead atoms. The third kappa shape index (κ3) is 6.16. The molecule has 1 atom stereocenters. The summed E-state index contributed by atoms with van der Waals surface area (Å²) in [7, 11) is 0. The number of ether oxygens (including phenoxy) is 2. The van der Waals surface area contributed by atoms with Crippen LogP contribution in [0.2, 0.25) is 0 Å². The first-order valence-corrected chi connectivity index (χ1v) is 6.68. The van der Waals surface area contributed by atoms with E-state index >= 15 is 0 Å². The van der Waals surface area contributed by atoms with Gasteiger partial charge in [0.15, 0.2) is 11.5 Å². The van der Waals surface area contributed by atoms with Gasteiger partial charge >= 0.3 is 17.9 Å². The Morgan fingerprint density at radius 3 is 2.26 bits per heavy atom. The minimum atomic E-state index is -1.09. The number of aromatic hydroxyl groups is 1. The molecular formula is C15H17NO7. The zero-order chi connectivity index (χ0) is 17.6. The zero-order valence-corrected chi connectivity index (χ0v) is 12.9. The summed E-state index contributed by atoms with van der Waals surface area (Å²) in [5, 5.41) is 12.2. The molecule has 8 heteroatoms. The van der Waals surface area contributed by atoms with Crippen molar-refractivity contribution < 1.29 is 33.8 Å². The molecule has 23 heavy (non-hydrogen) atoms. The lowest BCUT2D eigenvalue weighted by molar-refractivity contribution is -0.160.